The molecule has 0 fully saturated rings. The van der Waals surface area contributed by atoms with Crippen LogP contribution in [0.3, 0.4) is 0 Å². The lowest BCUT2D eigenvalue weighted by Gasteiger charge is -2.23. The average Bonchev–Trinajstić information content (AvgIpc) is 2.37. The van der Waals surface area contributed by atoms with Crippen LogP contribution in [0.15, 0.2) is 18.2 Å². The highest BCUT2D eigenvalue weighted by atomic mass is 16.5. The van der Waals surface area contributed by atoms with Gasteiger partial charge >= 0.3 is 5.97 Å². The second kappa shape index (κ2) is 6.57. The van der Waals surface area contributed by atoms with Gasteiger partial charge in [-0.05, 0) is 22.6 Å². The Labute approximate surface area is 115 Å². The molecule has 0 aliphatic carbocycles. The highest BCUT2D eigenvalue weighted by Gasteiger charge is 2.19. The number of hydrogen-bond acceptors (Lipinski definition) is 4. The second-order valence-corrected chi connectivity index (χ2v) is 5.46. The molecule has 1 rings (SSSR count). The Balaban J connectivity index is 2.78. The number of nitrogens with one attached hydrogen (secondary N) is 1. The molecule has 4 nitrogen and oxygen atoms in total. The summed E-state index contributed by atoms with van der Waals surface area (Å²) in [7, 11) is 3.06. The molecular weight excluding hydrogens is 242 g/mol. The first kappa shape index (κ1) is 15.5. The zero-order chi connectivity index (χ0) is 14.5. The van der Waals surface area contributed by atoms with Crippen molar-refractivity contribution in [2.24, 2.45) is 0 Å². The van der Waals surface area contributed by atoms with Crippen molar-refractivity contribution in [2.45, 2.75) is 32.7 Å². The minimum absolute atomic E-state index is 0.0176. The molecule has 0 saturated carbocycles. The largest absolute Gasteiger partial charge is 0.496 e. The Hall–Kier alpha value is -1.55. The van der Waals surface area contributed by atoms with Crippen molar-refractivity contribution in [3.8, 4) is 5.75 Å². The molecule has 0 aliphatic heterocycles. The summed E-state index contributed by atoms with van der Waals surface area (Å²) < 4.78 is 9.97. The predicted octanol–water partition coefficient (Wildman–Crippen LogP) is 2.26. The van der Waals surface area contributed by atoms with Crippen LogP contribution in [0.4, 0.5) is 0 Å². The van der Waals surface area contributed by atoms with E-state index in [1.54, 1.807) is 7.11 Å². The average molecular weight is 265 g/mol. The van der Waals surface area contributed by atoms with Crippen LogP contribution in [-0.2, 0) is 21.5 Å². The van der Waals surface area contributed by atoms with Crippen molar-refractivity contribution in [3.05, 3.63) is 29.3 Å². The summed E-state index contributed by atoms with van der Waals surface area (Å²) in [5, 5.41) is 3.05. The lowest BCUT2D eigenvalue weighted by Crippen LogP contribution is -2.23. The van der Waals surface area contributed by atoms with Crippen LogP contribution < -0.4 is 10.1 Å². The molecule has 0 spiro atoms. The number of ether oxygens (including phenoxy) is 2. The van der Waals surface area contributed by atoms with E-state index in [2.05, 4.69) is 36.9 Å². The molecule has 1 aromatic carbocycles. The lowest BCUT2D eigenvalue weighted by atomic mass is 9.85. The zero-order valence-electron chi connectivity index (χ0n) is 12.4. The monoisotopic (exact) mass is 265 g/mol. The Morgan fingerprint density at radius 1 is 1.26 bits per heavy atom. The van der Waals surface area contributed by atoms with E-state index in [1.165, 1.54) is 7.11 Å². The van der Waals surface area contributed by atoms with Gasteiger partial charge in [0.1, 0.15) is 5.75 Å². The van der Waals surface area contributed by atoms with Gasteiger partial charge in [0, 0.05) is 6.54 Å². The topological polar surface area (TPSA) is 47.6 Å². The molecule has 0 radical (unpaired) electrons. The van der Waals surface area contributed by atoms with Gasteiger partial charge < -0.3 is 14.8 Å². The third-order valence-corrected chi connectivity index (χ3v) is 2.90. The number of methoxy groups -OCH3 is 2. The van der Waals surface area contributed by atoms with Gasteiger partial charge in [0.25, 0.3) is 0 Å². The molecule has 0 bridgehead atoms. The Kier molecular flexibility index (Phi) is 5.36. The van der Waals surface area contributed by atoms with E-state index >= 15 is 0 Å². The zero-order valence-corrected chi connectivity index (χ0v) is 12.4. The number of esters is 1. The summed E-state index contributed by atoms with van der Waals surface area (Å²) in [6.07, 6.45) is 0. The van der Waals surface area contributed by atoms with Gasteiger partial charge in [0.05, 0.1) is 20.8 Å². The smallest absolute Gasteiger partial charge is 0.319 e. The van der Waals surface area contributed by atoms with Crippen LogP contribution in [0, 0.1) is 0 Å². The van der Waals surface area contributed by atoms with Gasteiger partial charge in [-0.25, -0.2) is 0 Å². The number of rotatable bonds is 5. The summed E-state index contributed by atoms with van der Waals surface area (Å²) in [6.45, 7) is 7.29. The minimum atomic E-state index is -0.260. The maximum atomic E-state index is 11.0. The van der Waals surface area contributed by atoms with E-state index in [0.29, 0.717) is 6.54 Å². The van der Waals surface area contributed by atoms with Crippen LogP contribution >= 0.6 is 0 Å². The van der Waals surface area contributed by atoms with E-state index in [4.69, 9.17) is 4.74 Å². The lowest BCUT2D eigenvalue weighted by molar-refractivity contribution is -0.139. The number of carbonyl (C=O) groups excluding carboxylic acids is 1. The van der Waals surface area contributed by atoms with Crippen molar-refractivity contribution in [2.75, 3.05) is 20.8 Å². The highest BCUT2D eigenvalue weighted by Crippen LogP contribution is 2.31. The molecular formula is C15H23NO3. The van der Waals surface area contributed by atoms with Crippen molar-refractivity contribution in [1.82, 2.24) is 5.32 Å². The van der Waals surface area contributed by atoms with Crippen molar-refractivity contribution in [3.63, 3.8) is 0 Å². The first-order valence-electron chi connectivity index (χ1n) is 6.33. The van der Waals surface area contributed by atoms with Crippen LogP contribution in [0.5, 0.6) is 5.75 Å². The summed E-state index contributed by atoms with van der Waals surface area (Å²) >= 11 is 0. The van der Waals surface area contributed by atoms with Crippen LogP contribution in [0.2, 0.25) is 0 Å². The van der Waals surface area contributed by atoms with E-state index in [9.17, 15) is 4.79 Å². The fraction of sp³-hybridized carbons (Fsp3) is 0.533. The normalized spacial score (nSPS) is 11.2. The standard InChI is InChI=1S/C15H23NO3/c1-15(2,3)12-8-11(6-7-13(12)18-4)9-16-10-14(17)19-5/h6-8,16H,9-10H2,1-5H3. The molecule has 0 aromatic heterocycles. The van der Waals surface area contributed by atoms with Gasteiger partial charge in [-0.2, -0.15) is 0 Å². The van der Waals surface area contributed by atoms with E-state index < -0.39 is 0 Å². The maximum Gasteiger partial charge on any atom is 0.319 e. The molecule has 1 N–H and O–H groups in total. The van der Waals surface area contributed by atoms with Crippen molar-refractivity contribution >= 4 is 5.97 Å². The van der Waals surface area contributed by atoms with Crippen LogP contribution in [0.25, 0.3) is 0 Å². The first-order chi connectivity index (χ1) is 8.88. The molecule has 106 valence electrons. The van der Waals surface area contributed by atoms with Gasteiger partial charge in [-0.1, -0.05) is 32.9 Å². The summed E-state index contributed by atoms with van der Waals surface area (Å²) in [5.74, 6) is 0.633. The Bertz CT molecular complexity index is 436. The highest BCUT2D eigenvalue weighted by molar-refractivity contribution is 5.71. The third kappa shape index (κ3) is 4.56. The van der Waals surface area contributed by atoms with Gasteiger partial charge in [0.2, 0.25) is 0 Å². The Morgan fingerprint density at radius 2 is 1.95 bits per heavy atom. The third-order valence-electron chi connectivity index (χ3n) is 2.90. The van der Waals surface area contributed by atoms with E-state index in [1.807, 2.05) is 12.1 Å². The van der Waals surface area contributed by atoms with Gasteiger partial charge in [-0.3, -0.25) is 4.79 Å². The van der Waals surface area contributed by atoms with Crippen LogP contribution in [0.1, 0.15) is 31.9 Å². The molecule has 0 heterocycles. The molecule has 4 heteroatoms. The summed E-state index contributed by atoms with van der Waals surface area (Å²) in [5.41, 5.74) is 2.30. The fourth-order valence-electron chi connectivity index (χ4n) is 1.83. The molecule has 19 heavy (non-hydrogen) atoms. The Morgan fingerprint density at radius 3 is 2.47 bits per heavy atom. The summed E-state index contributed by atoms with van der Waals surface area (Å²) in [6, 6.07) is 6.08. The van der Waals surface area contributed by atoms with Crippen molar-refractivity contribution < 1.29 is 14.3 Å². The second-order valence-electron chi connectivity index (χ2n) is 5.46. The van der Waals surface area contributed by atoms with Gasteiger partial charge in [-0.15, -0.1) is 0 Å². The number of benzene rings is 1. The van der Waals surface area contributed by atoms with Crippen molar-refractivity contribution in [1.29, 1.82) is 0 Å². The molecule has 1 aromatic rings. The number of carbonyl (C=O) groups is 1. The first-order valence-corrected chi connectivity index (χ1v) is 6.33. The SMILES string of the molecule is COC(=O)CNCc1ccc(OC)c(C(C)(C)C)c1. The van der Waals surface area contributed by atoms with Gasteiger partial charge in [0.15, 0.2) is 0 Å². The molecule has 0 atom stereocenters. The predicted molar refractivity (Wildman–Crippen MR) is 75.4 cm³/mol. The summed E-state index contributed by atoms with van der Waals surface area (Å²) in [4.78, 5) is 11.0. The fourth-order valence-corrected chi connectivity index (χ4v) is 1.83. The number of hydrogen-bond donors (Lipinski definition) is 1. The molecule has 0 amide bonds. The molecule has 0 unspecified atom stereocenters. The quantitative estimate of drug-likeness (QED) is 0.830. The molecule has 0 aliphatic rings. The minimum Gasteiger partial charge on any atom is -0.496 e. The maximum absolute atomic E-state index is 11.0. The van der Waals surface area contributed by atoms with Crippen LogP contribution in [-0.4, -0.2) is 26.7 Å². The molecule has 0 saturated heterocycles. The van der Waals surface area contributed by atoms with E-state index in [-0.39, 0.29) is 17.9 Å². The van der Waals surface area contributed by atoms with E-state index in [0.717, 1.165) is 16.9 Å².